The zero-order valence-corrected chi connectivity index (χ0v) is 28.7. The average molecular weight is 643 g/mol. The SMILES string of the molecule is CC(C)O.CC(C)O.OC(c1ccccc1)(c1ccccc1)[C@@H]1C2CCC(CC2)[C@H]1C(O)(c1ccccc1)c1ccccc1.[Ti]. The van der Waals surface area contributed by atoms with Crippen molar-refractivity contribution in [1.29, 1.82) is 0 Å². The molecule has 5 heteroatoms. The van der Waals surface area contributed by atoms with Gasteiger partial charge in [0.1, 0.15) is 11.2 Å². The first-order valence-electron chi connectivity index (χ1n) is 16.1. The van der Waals surface area contributed by atoms with E-state index in [1.165, 1.54) is 0 Å². The van der Waals surface area contributed by atoms with E-state index in [4.69, 9.17) is 10.2 Å². The van der Waals surface area contributed by atoms with Crippen LogP contribution in [-0.2, 0) is 32.9 Å². The van der Waals surface area contributed by atoms with Gasteiger partial charge in [0, 0.05) is 45.8 Å². The number of hydrogen-bond acceptors (Lipinski definition) is 4. The summed E-state index contributed by atoms with van der Waals surface area (Å²) >= 11 is 0. The fourth-order valence-corrected chi connectivity index (χ4v) is 7.52. The molecule has 0 aromatic heterocycles. The van der Waals surface area contributed by atoms with Gasteiger partial charge in [-0.2, -0.15) is 0 Å². The molecule has 238 valence electrons. The third-order valence-electron chi connectivity index (χ3n) is 9.04. The second-order valence-corrected chi connectivity index (χ2v) is 12.9. The normalized spacial score (nSPS) is 20.8. The molecule has 0 amide bonds. The molecule has 0 aliphatic heterocycles. The molecule has 0 heterocycles. The Morgan fingerprint density at radius 1 is 0.444 bits per heavy atom. The monoisotopic (exact) mass is 642 g/mol. The fourth-order valence-electron chi connectivity index (χ4n) is 7.52. The Morgan fingerprint density at radius 2 is 0.622 bits per heavy atom. The molecular weight excluding hydrogens is 592 g/mol. The maximum Gasteiger partial charge on any atom is 0.118 e. The number of aliphatic hydroxyl groups is 4. The maximum absolute atomic E-state index is 13.0. The molecule has 3 aliphatic rings. The minimum absolute atomic E-state index is 0. The quantitative estimate of drug-likeness (QED) is 0.163. The van der Waals surface area contributed by atoms with Crippen molar-refractivity contribution in [2.24, 2.45) is 23.7 Å². The fraction of sp³-hybridized carbons (Fsp3) is 0.400. The first-order valence-corrected chi connectivity index (χ1v) is 16.1. The van der Waals surface area contributed by atoms with Crippen LogP contribution in [0.25, 0.3) is 0 Å². The summed E-state index contributed by atoms with van der Waals surface area (Å²) in [6.07, 6.45) is 4.03. The molecule has 4 aromatic rings. The van der Waals surface area contributed by atoms with Gasteiger partial charge in [-0.1, -0.05) is 121 Å². The van der Waals surface area contributed by atoms with E-state index in [1.54, 1.807) is 27.7 Å². The smallest absolute Gasteiger partial charge is 0.118 e. The molecule has 0 saturated heterocycles. The second kappa shape index (κ2) is 16.8. The van der Waals surface area contributed by atoms with E-state index in [-0.39, 0.29) is 45.8 Å². The molecule has 3 saturated carbocycles. The van der Waals surface area contributed by atoms with Crippen LogP contribution >= 0.6 is 0 Å². The summed E-state index contributed by atoms with van der Waals surface area (Å²) in [5.41, 5.74) is 1.19. The molecule has 3 aliphatic carbocycles. The van der Waals surface area contributed by atoms with Crippen LogP contribution in [-0.4, -0.2) is 32.6 Å². The van der Waals surface area contributed by atoms with Gasteiger partial charge in [-0.3, -0.25) is 0 Å². The summed E-state index contributed by atoms with van der Waals surface area (Å²) in [5.74, 6) is 0.370. The van der Waals surface area contributed by atoms with Crippen LogP contribution in [0.2, 0.25) is 0 Å². The van der Waals surface area contributed by atoms with Crippen LogP contribution in [0.5, 0.6) is 0 Å². The van der Waals surface area contributed by atoms with E-state index >= 15 is 0 Å². The summed E-state index contributed by atoms with van der Waals surface area (Å²) in [5, 5.41) is 42.1. The van der Waals surface area contributed by atoms with Crippen molar-refractivity contribution in [3.63, 3.8) is 0 Å². The van der Waals surface area contributed by atoms with Gasteiger partial charge in [-0.25, -0.2) is 0 Å². The standard InChI is InChI=1S/C34H34O2.2C3H8O.Ti/c35-33(27-13-5-1-6-14-27,28-15-7-2-8-16-28)31-25-21-23-26(24-22-25)32(31)34(36,29-17-9-3-10-18-29)30-19-11-4-12-20-30;2*1-3(2)4;/h1-20,25-26,31-32,35-36H,21-24H2;2*3-4H,1-2H3;/t25?,26?,31-,32-;;;/m1.../s1. The number of aliphatic hydroxyl groups excluding tert-OH is 2. The van der Waals surface area contributed by atoms with Crippen LogP contribution in [0.4, 0.5) is 0 Å². The Bertz CT molecular complexity index is 1180. The third kappa shape index (κ3) is 8.43. The second-order valence-electron chi connectivity index (χ2n) is 12.9. The first-order chi connectivity index (χ1) is 21.1. The van der Waals surface area contributed by atoms with Gasteiger partial charge in [-0.05, 0) is 87.5 Å². The van der Waals surface area contributed by atoms with Gasteiger partial charge >= 0.3 is 0 Å². The van der Waals surface area contributed by atoms with Gasteiger partial charge < -0.3 is 20.4 Å². The summed E-state index contributed by atoms with van der Waals surface area (Å²) in [7, 11) is 0. The van der Waals surface area contributed by atoms with Crippen molar-refractivity contribution in [2.75, 3.05) is 0 Å². The molecule has 3 fully saturated rings. The summed E-state index contributed by atoms with van der Waals surface area (Å²) < 4.78 is 0. The Hall–Kier alpha value is -2.57. The van der Waals surface area contributed by atoms with E-state index < -0.39 is 11.2 Å². The number of hydrogen-bond donors (Lipinski definition) is 4. The van der Waals surface area contributed by atoms with Crippen molar-refractivity contribution in [2.45, 2.75) is 76.8 Å². The summed E-state index contributed by atoms with van der Waals surface area (Å²) in [4.78, 5) is 0. The van der Waals surface area contributed by atoms with Gasteiger partial charge in [0.2, 0.25) is 0 Å². The number of benzene rings is 4. The zero-order chi connectivity index (χ0) is 31.7. The van der Waals surface area contributed by atoms with E-state index in [0.29, 0.717) is 11.8 Å². The minimum Gasteiger partial charge on any atom is -0.394 e. The maximum atomic E-state index is 13.0. The Labute approximate surface area is 285 Å². The minimum atomic E-state index is -1.21. The van der Waals surface area contributed by atoms with Gasteiger partial charge in [0.05, 0.1) is 0 Å². The van der Waals surface area contributed by atoms with Crippen LogP contribution in [0.1, 0.15) is 75.6 Å². The van der Waals surface area contributed by atoms with E-state index in [9.17, 15) is 10.2 Å². The van der Waals surface area contributed by atoms with Gasteiger partial charge in [0.25, 0.3) is 0 Å². The summed E-state index contributed by atoms with van der Waals surface area (Å²) in [6, 6.07) is 40.5. The molecule has 2 atom stereocenters. The Balaban J connectivity index is 0.000000552. The largest absolute Gasteiger partial charge is 0.394 e. The van der Waals surface area contributed by atoms with Gasteiger partial charge in [0.15, 0.2) is 0 Å². The zero-order valence-electron chi connectivity index (χ0n) is 27.1. The van der Waals surface area contributed by atoms with E-state index in [1.807, 2.05) is 72.8 Å². The van der Waals surface area contributed by atoms with E-state index in [2.05, 4.69) is 48.5 Å². The van der Waals surface area contributed by atoms with Crippen LogP contribution in [0.15, 0.2) is 121 Å². The molecule has 0 spiro atoms. The molecular formula is C40H50O4Ti. The molecule has 0 unspecified atom stereocenters. The third-order valence-corrected chi connectivity index (χ3v) is 9.04. The Morgan fingerprint density at radius 3 is 0.800 bits per heavy atom. The average Bonchev–Trinajstić information content (AvgIpc) is 3.05. The first kappa shape index (κ1) is 36.9. The predicted octanol–water partition coefficient (Wildman–Crippen LogP) is 7.68. The summed E-state index contributed by atoms with van der Waals surface area (Å²) in [6.45, 7) is 6.89. The molecule has 4 aromatic carbocycles. The predicted molar refractivity (Wildman–Crippen MR) is 179 cm³/mol. The van der Waals surface area contributed by atoms with Crippen molar-refractivity contribution in [3.8, 4) is 0 Å². The van der Waals surface area contributed by atoms with Crippen molar-refractivity contribution < 1.29 is 42.1 Å². The molecule has 4 nitrogen and oxygen atoms in total. The molecule has 7 rings (SSSR count). The number of rotatable bonds is 6. The van der Waals surface area contributed by atoms with Crippen molar-refractivity contribution >= 4 is 0 Å². The van der Waals surface area contributed by atoms with Crippen molar-refractivity contribution in [3.05, 3.63) is 144 Å². The van der Waals surface area contributed by atoms with Gasteiger partial charge in [-0.15, -0.1) is 0 Å². The number of fused-ring (bicyclic) bond motifs is 3. The van der Waals surface area contributed by atoms with Crippen LogP contribution < -0.4 is 0 Å². The van der Waals surface area contributed by atoms with Crippen LogP contribution in [0.3, 0.4) is 0 Å². The van der Waals surface area contributed by atoms with Crippen LogP contribution in [0, 0.1) is 23.7 Å². The Kier molecular flexibility index (Phi) is 13.8. The topological polar surface area (TPSA) is 80.9 Å². The molecule has 45 heavy (non-hydrogen) atoms. The van der Waals surface area contributed by atoms with Crippen molar-refractivity contribution in [1.82, 2.24) is 0 Å². The van der Waals surface area contributed by atoms with E-state index in [0.717, 1.165) is 47.9 Å². The molecule has 0 radical (unpaired) electrons. The molecule has 4 N–H and O–H groups in total. The molecule has 2 bridgehead atoms.